The summed E-state index contributed by atoms with van der Waals surface area (Å²) in [4.78, 5) is 24.9. The highest BCUT2D eigenvalue weighted by molar-refractivity contribution is 5.89. The zero-order valence-corrected chi connectivity index (χ0v) is 17.8. The Bertz CT molecular complexity index is 586. The van der Waals surface area contributed by atoms with Gasteiger partial charge >= 0.3 is 12.1 Å². The van der Waals surface area contributed by atoms with E-state index in [1.807, 2.05) is 26.8 Å². The molecule has 0 aliphatic heterocycles. The zero-order chi connectivity index (χ0) is 21.5. The van der Waals surface area contributed by atoms with Gasteiger partial charge in [0.15, 0.2) is 0 Å². The lowest BCUT2D eigenvalue weighted by Crippen LogP contribution is -2.36. The van der Waals surface area contributed by atoms with E-state index in [9.17, 15) is 9.59 Å². The first-order valence-corrected chi connectivity index (χ1v) is 9.69. The topological polar surface area (TPSA) is 83.5 Å². The molecule has 0 saturated carbocycles. The number of amides is 1. The van der Waals surface area contributed by atoms with Crippen LogP contribution in [0.15, 0.2) is 30.3 Å². The molecule has 0 bridgehead atoms. The van der Waals surface area contributed by atoms with E-state index in [4.69, 9.17) is 23.7 Å². The smallest absolute Gasteiger partial charge is 0.410 e. The summed E-state index contributed by atoms with van der Waals surface area (Å²) in [5.74, 6) is -0.361. The van der Waals surface area contributed by atoms with Gasteiger partial charge in [-0.3, -0.25) is 0 Å². The lowest BCUT2D eigenvalue weighted by atomic mass is 10.2. The molecule has 0 N–H and O–H groups in total. The van der Waals surface area contributed by atoms with Gasteiger partial charge in [0.25, 0.3) is 0 Å². The van der Waals surface area contributed by atoms with Gasteiger partial charge < -0.3 is 28.6 Å². The quantitative estimate of drug-likeness (QED) is 0.364. The van der Waals surface area contributed by atoms with Gasteiger partial charge in [0, 0.05) is 13.6 Å². The standard InChI is InChI=1S/C21H33NO7/c1-21(2,3)29-20(24)22(4)10-11-25-12-13-26-14-15-27-16-17-28-19(23)18-8-6-5-7-9-18/h5-9H,10-17H2,1-4H3. The number of carbonyl (C=O) groups is 2. The number of esters is 1. The first-order valence-electron chi connectivity index (χ1n) is 9.69. The molecule has 1 rings (SSSR count). The molecule has 164 valence electrons. The maximum atomic E-state index is 11.8. The average Bonchev–Trinajstić information content (AvgIpc) is 2.67. The van der Waals surface area contributed by atoms with E-state index in [2.05, 4.69) is 0 Å². The number of hydrogen-bond acceptors (Lipinski definition) is 7. The van der Waals surface area contributed by atoms with Crippen LogP contribution >= 0.6 is 0 Å². The summed E-state index contributed by atoms with van der Waals surface area (Å²) in [6.07, 6.45) is -0.371. The second-order valence-corrected chi connectivity index (χ2v) is 7.24. The number of rotatable bonds is 13. The fourth-order valence-corrected chi connectivity index (χ4v) is 2.03. The Morgan fingerprint density at radius 2 is 1.34 bits per heavy atom. The minimum Gasteiger partial charge on any atom is -0.460 e. The van der Waals surface area contributed by atoms with Crippen molar-refractivity contribution in [1.29, 1.82) is 0 Å². The fourth-order valence-electron chi connectivity index (χ4n) is 2.03. The molecular formula is C21H33NO7. The molecule has 1 aromatic rings. The average molecular weight is 411 g/mol. The van der Waals surface area contributed by atoms with Crippen molar-refractivity contribution in [2.45, 2.75) is 26.4 Å². The molecule has 0 atom stereocenters. The molecule has 8 nitrogen and oxygen atoms in total. The Labute approximate surface area is 173 Å². The largest absolute Gasteiger partial charge is 0.460 e. The number of carbonyl (C=O) groups excluding carboxylic acids is 2. The molecule has 0 unspecified atom stereocenters. The van der Waals surface area contributed by atoms with Crippen LogP contribution in [0.5, 0.6) is 0 Å². The van der Waals surface area contributed by atoms with E-state index in [-0.39, 0.29) is 18.7 Å². The molecule has 1 amide bonds. The number of hydrogen-bond donors (Lipinski definition) is 0. The third-order valence-corrected chi connectivity index (χ3v) is 3.49. The van der Waals surface area contributed by atoms with Gasteiger partial charge in [0.2, 0.25) is 0 Å². The van der Waals surface area contributed by atoms with Crippen molar-refractivity contribution in [1.82, 2.24) is 4.90 Å². The summed E-state index contributed by atoms with van der Waals surface area (Å²) in [6.45, 7) is 8.53. The predicted octanol–water partition coefficient (Wildman–Crippen LogP) is 2.76. The second-order valence-electron chi connectivity index (χ2n) is 7.24. The lowest BCUT2D eigenvalue weighted by molar-refractivity contribution is -0.00343. The predicted molar refractivity (Wildman–Crippen MR) is 108 cm³/mol. The monoisotopic (exact) mass is 411 g/mol. The van der Waals surface area contributed by atoms with Crippen molar-refractivity contribution in [3.05, 3.63) is 35.9 Å². The number of nitrogens with zero attached hydrogens (tertiary/aromatic N) is 1. The molecule has 0 aliphatic rings. The van der Waals surface area contributed by atoms with Gasteiger partial charge in [0.05, 0.1) is 45.2 Å². The van der Waals surface area contributed by atoms with Crippen LogP contribution in [0, 0.1) is 0 Å². The highest BCUT2D eigenvalue weighted by Gasteiger charge is 2.19. The normalized spacial score (nSPS) is 11.2. The molecule has 0 saturated heterocycles. The van der Waals surface area contributed by atoms with E-state index in [0.29, 0.717) is 51.7 Å². The van der Waals surface area contributed by atoms with Crippen molar-refractivity contribution in [2.24, 2.45) is 0 Å². The Kier molecular flexibility index (Phi) is 11.9. The number of benzene rings is 1. The first kappa shape index (κ1) is 24.9. The van der Waals surface area contributed by atoms with E-state index >= 15 is 0 Å². The zero-order valence-electron chi connectivity index (χ0n) is 17.8. The molecule has 0 radical (unpaired) electrons. The van der Waals surface area contributed by atoms with Crippen LogP contribution in [0.3, 0.4) is 0 Å². The Morgan fingerprint density at radius 1 is 0.828 bits per heavy atom. The lowest BCUT2D eigenvalue weighted by Gasteiger charge is -2.24. The third kappa shape index (κ3) is 12.8. The van der Waals surface area contributed by atoms with Crippen molar-refractivity contribution < 1.29 is 33.3 Å². The molecular weight excluding hydrogens is 378 g/mol. The molecule has 0 aliphatic carbocycles. The first-order chi connectivity index (χ1) is 13.8. The summed E-state index contributed by atoms with van der Waals surface area (Å²) in [7, 11) is 1.67. The second kappa shape index (κ2) is 13.9. The molecule has 8 heteroatoms. The fraction of sp³-hybridized carbons (Fsp3) is 0.619. The molecule has 0 heterocycles. The minimum absolute atomic E-state index is 0.196. The van der Waals surface area contributed by atoms with Crippen LogP contribution in [-0.4, -0.2) is 82.4 Å². The van der Waals surface area contributed by atoms with Crippen LogP contribution < -0.4 is 0 Å². The van der Waals surface area contributed by atoms with Gasteiger partial charge in [0.1, 0.15) is 12.2 Å². The summed E-state index contributed by atoms with van der Waals surface area (Å²) in [5, 5.41) is 0. The van der Waals surface area contributed by atoms with Crippen molar-refractivity contribution in [3.8, 4) is 0 Å². The van der Waals surface area contributed by atoms with Crippen LogP contribution in [-0.2, 0) is 23.7 Å². The van der Waals surface area contributed by atoms with Crippen LogP contribution in [0.25, 0.3) is 0 Å². The molecule has 0 spiro atoms. The summed E-state index contributed by atoms with van der Waals surface area (Å²) >= 11 is 0. The van der Waals surface area contributed by atoms with Crippen LogP contribution in [0.4, 0.5) is 4.79 Å². The third-order valence-electron chi connectivity index (χ3n) is 3.49. The van der Waals surface area contributed by atoms with Gasteiger partial charge in [-0.15, -0.1) is 0 Å². The molecule has 0 aromatic heterocycles. The Morgan fingerprint density at radius 3 is 1.90 bits per heavy atom. The van der Waals surface area contributed by atoms with Gasteiger partial charge in [-0.1, -0.05) is 18.2 Å². The van der Waals surface area contributed by atoms with Crippen molar-refractivity contribution in [2.75, 3.05) is 59.8 Å². The number of likely N-dealkylation sites (N-methyl/N-ethyl adjacent to an activating group) is 1. The number of ether oxygens (including phenoxy) is 5. The van der Waals surface area contributed by atoms with Crippen LogP contribution in [0.1, 0.15) is 31.1 Å². The van der Waals surface area contributed by atoms with Crippen molar-refractivity contribution >= 4 is 12.1 Å². The summed E-state index contributed by atoms with van der Waals surface area (Å²) in [6, 6.07) is 8.82. The Balaban J connectivity index is 1.89. The van der Waals surface area contributed by atoms with Crippen LogP contribution in [0.2, 0.25) is 0 Å². The summed E-state index contributed by atoms with van der Waals surface area (Å²) < 4.78 is 26.5. The SMILES string of the molecule is CN(CCOCCOCCOCCOC(=O)c1ccccc1)C(=O)OC(C)(C)C. The van der Waals surface area contributed by atoms with Gasteiger partial charge in [-0.25, -0.2) is 9.59 Å². The van der Waals surface area contributed by atoms with E-state index in [1.54, 1.807) is 31.3 Å². The van der Waals surface area contributed by atoms with E-state index < -0.39 is 5.60 Å². The van der Waals surface area contributed by atoms with Gasteiger partial charge in [-0.05, 0) is 32.9 Å². The van der Waals surface area contributed by atoms with Crippen molar-refractivity contribution in [3.63, 3.8) is 0 Å². The summed E-state index contributed by atoms with van der Waals surface area (Å²) in [5.41, 5.74) is 0.0131. The highest BCUT2D eigenvalue weighted by atomic mass is 16.6. The molecule has 1 aromatic carbocycles. The van der Waals surface area contributed by atoms with Gasteiger partial charge in [-0.2, -0.15) is 0 Å². The van der Waals surface area contributed by atoms with E-state index in [0.717, 1.165) is 0 Å². The molecule has 29 heavy (non-hydrogen) atoms. The highest BCUT2D eigenvalue weighted by Crippen LogP contribution is 2.08. The maximum absolute atomic E-state index is 11.8. The molecule has 0 fully saturated rings. The maximum Gasteiger partial charge on any atom is 0.410 e. The minimum atomic E-state index is -0.508. The Hall–Kier alpha value is -2.16. The van der Waals surface area contributed by atoms with E-state index in [1.165, 1.54) is 4.90 Å².